The van der Waals surface area contributed by atoms with Crippen molar-refractivity contribution in [3.8, 4) is 0 Å². The zero-order valence-electron chi connectivity index (χ0n) is 5.89. The fourth-order valence-electron chi connectivity index (χ4n) is 0.493. The molecule has 0 spiro atoms. The summed E-state index contributed by atoms with van der Waals surface area (Å²) in [5, 5.41) is 0. The molecule has 0 atom stereocenters. The van der Waals surface area contributed by atoms with Gasteiger partial charge >= 0.3 is 0 Å². The van der Waals surface area contributed by atoms with Crippen LogP contribution in [0.1, 0.15) is 0 Å². The highest BCUT2D eigenvalue weighted by molar-refractivity contribution is 7.98. The first-order valence-electron chi connectivity index (χ1n) is 2.80. The van der Waals surface area contributed by atoms with Gasteiger partial charge in [0.2, 0.25) is 0 Å². The molecule has 0 aliphatic carbocycles. The predicted molar refractivity (Wildman–Crippen MR) is 47.4 cm³/mol. The molecule has 0 radical (unpaired) electrons. The minimum absolute atomic E-state index is 0. The van der Waals surface area contributed by atoms with Crippen molar-refractivity contribution in [1.82, 2.24) is 0 Å². The van der Waals surface area contributed by atoms with Gasteiger partial charge in [-0.15, -0.1) is 12.4 Å². The van der Waals surface area contributed by atoms with E-state index in [1.54, 1.807) is 0 Å². The third kappa shape index (κ3) is 7.55. The Balaban J connectivity index is 0. The molecule has 0 aromatic carbocycles. The molecule has 0 N–H and O–H groups in total. The van der Waals surface area contributed by atoms with Gasteiger partial charge < -0.3 is 0 Å². The van der Waals surface area contributed by atoms with E-state index < -0.39 is 0 Å². The van der Waals surface area contributed by atoms with Crippen LogP contribution in [0.2, 0.25) is 0 Å². The maximum absolute atomic E-state index is 9.94. The SMILES string of the molecule is Cl.O=CC[S+](CC=O)CC=O. The molecule has 0 unspecified atom stereocenters. The standard InChI is InChI=1S/C6H9O3S.ClH/c7-1-4-10(5-2-8)6-3-9;/h1-3H,4-6H2;1H/q+1;. The van der Waals surface area contributed by atoms with E-state index in [0.717, 1.165) is 18.9 Å². The lowest BCUT2D eigenvalue weighted by molar-refractivity contribution is -0.106. The van der Waals surface area contributed by atoms with E-state index in [1.165, 1.54) is 0 Å². The van der Waals surface area contributed by atoms with Crippen LogP contribution < -0.4 is 0 Å². The largest absolute Gasteiger partial charge is 0.298 e. The number of hydrogen-bond donors (Lipinski definition) is 0. The Morgan fingerprint density at radius 1 is 0.818 bits per heavy atom. The van der Waals surface area contributed by atoms with Gasteiger partial charge in [0.25, 0.3) is 0 Å². The molecule has 11 heavy (non-hydrogen) atoms. The van der Waals surface area contributed by atoms with Crippen molar-refractivity contribution in [3.63, 3.8) is 0 Å². The Morgan fingerprint density at radius 3 is 1.27 bits per heavy atom. The Hall–Kier alpha value is -0.350. The zero-order chi connectivity index (χ0) is 7.82. The molecule has 0 saturated heterocycles. The van der Waals surface area contributed by atoms with Crippen LogP contribution in [-0.4, -0.2) is 36.1 Å². The van der Waals surface area contributed by atoms with Crippen LogP contribution in [0.5, 0.6) is 0 Å². The molecule has 3 nitrogen and oxygen atoms in total. The number of rotatable bonds is 6. The molecule has 0 aromatic rings. The molecule has 5 heteroatoms. The van der Waals surface area contributed by atoms with Crippen LogP contribution in [0.3, 0.4) is 0 Å². The zero-order valence-corrected chi connectivity index (χ0v) is 7.53. The molecule has 0 aromatic heterocycles. The quantitative estimate of drug-likeness (QED) is 0.431. The van der Waals surface area contributed by atoms with E-state index in [4.69, 9.17) is 0 Å². The van der Waals surface area contributed by atoms with Crippen molar-refractivity contribution in [2.75, 3.05) is 17.3 Å². The molecule has 64 valence electrons. The van der Waals surface area contributed by atoms with Crippen LogP contribution in [0.15, 0.2) is 0 Å². The molecular formula is C6H10ClO3S+. The lowest BCUT2D eigenvalue weighted by Gasteiger charge is -1.93. The number of hydrogen-bond acceptors (Lipinski definition) is 3. The summed E-state index contributed by atoms with van der Waals surface area (Å²) in [6.07, 6.45) is 2.24. The highest BCUT2D eigenvalue weighted by atomic mass is 35.5. The molecular weight excluding hydrogens is 188 g/mol. The van der Waals surface area contributed by atoms with Crippen LogP contribution in [-0.2, 0) is 25.3 Å². The summed E-state index contributed by atoms with van der Waals surface area (Å²) in [6, 6.07) is 0. The third-order valence-corrected chi connectivity index (χ3v) is 2.73. The summed E-state index contributed by atoms with van der Waals surface area (Å²) < 4.78 is 0. The van der Waals surface area contributed by atoms with Gasteiger partial charge in [0.15, 0.2) is 36.1 Å². The van der Waals surface area contributed by atoms with Crippen LogP contribution in [0.25, 0.3) is 0 Å². The van der Waals surface area contributed by atoms with Gasteiger partial charge in [-0.05, 0) is 0 Å². The molecule has 0 amide bonds. The average Bonchev–Trinajstić information content (AvgIpc) is 1.90. The first kappa shape index (κ1) is 13.3. The maximum Gasteiger partial charge on any atom is 0.169 e. The van der Waals surface area contributed by atoms with Crippen LogP contribution in [0, 0.1) is 0 Å². The Morgan fingerprint density at radius 2 is 1.09 bits per heavy atom. The second-order valence-corrected chi connectivity index (χ2v) is 3.84. The fraction of sp³-hybridized carbons (Fsp3) is 0.500. The summed E-state index contributed by atoms with van der Waals surface area (Å²) in [4.78, 5) is 29.8. The summed E-state index contributed by atoms with van der Waals surface area (Å²) in [6.45, 7) is 0. The van der Waals surface area contributed by atoms with E-state index >= 15 is 0 Å². The first-order valence-corrected chi connectivity index (χ1v) is 4.53. The summed E-state index contributed by atoms with van der Waals surface area (Å²) in [5.41, 5.74) is 0. The van der Waals surface area contributed by atoms with E-state index in [1.807, 2.05) is 0 Å². The summed E-state index contributed by atoms with van der Waals surface area (Å²) in [7, 11) is -0.329. The minimum atomic E-state index is -0.329. The van der Waals surface area contributed by atoms with Gasteiger partial charge in [-0.3, -0.25) is 14.4 Å². The number of halogens is 1. The predicted octanol–water partition coefficient (Wildman–Crippen LogP) is -0.377. The Kier molecular flexibility index (Phi) is 11.6. The second-order valence-electron chi connectivity index (χ2n) is 1.61. The lowest BCUT2D eigenvalue weighted by Crippen LogP contribution is -2.18. The first-order chi connectivity index (χ1) is 4.85. The van der Waals surface area contributed by atoms with E-state index in [2.05, 4.69) is 0 Å². The fourth-order valence-corrected chi connectivity index (χ4v) is 1.48. The van der Waals surface area contributed by atoms with E-state index in [0.29, 0.717) is 17.3 Å². The summed E-state index contributed by atoms with van der Waals surface area (Å²) >= 11 is 0. The monoisotopic (exact) mass is 197 g/mol. The van der Waals surface area contributed by atoms with Gasteiger partial charge in [0.05, 0.1) is 0 Å². The third-order valence-electron chi connectivity index (χ3n) is 0.911. The highest BCUT2D eigenvalue weighted by Crippen LogP contribution is 1.90. The van der Waals surface area contributed by atoms with Gasteiger partial charge in [-0.2, -0.15) is 0 Å². The lowest BCUT2D eigenvalue weighted by atomic mass is 10.9. The molecule has 0 aliphatic rings. The van der Waals surface area contributed by atoms with E-state index in [9.17, 15) is 14.4 Å². The van der Waals surface area contributed by atoms with Gasteiger partial charge in [-0.25, -0.2) is 0 Å². The van der Waals surface area contributed by atoms with Crippen LogP contribution >= 0.6 is 12.4 Å². The van der Waals surface area contributed by atoms with Gasteiger partial charge in [0.1, 0.15) is 0 Å². The highest BCUT2D eigenvalue weighted by Gasteiger charge is 2.14. The number of aldehydes is 3. The van der Waals surface area contributed by atoms with Crippen molar-refractivity contribution in [3.05, 3.63) is 0 Å². The van der Waals surface area contributed by atoms with Crippen molar-refractivity contribution in [1.29, 1.82) is 0 Å². The molecule has 0 heterocycles. The molecule has 0 aliphatic heterocycles. The molecule has 0 bridgehead atoms. The van der Waals surface area contributed by atoms with E-state index in [-0.39, 0.29) is 23.3 Å². The normalized spacial score (nSPS) is 8.45. The van der Waals surface area contributed by atoms with Crippen molar-refractivity contribution < 1.29 is 14.4 Å². The smallest absolute Gasteiger partial charge is 0.169 e. The number of carbonyl (C=O) groups is 3. The average molecular weight is 198 g/mol. The topological polar surface area (TPSA) is 51.2 Å². The molecule has 0 saturated carbocycles. The van der Waals surface area contributed by atoms with Crippen molar-refractivity contribution in [2.24, 2.45) is 0 Å². The van der Waals surface area contributed by atoms with Crippen molar-refractivity contribution in [2.45, 2.75) is 0 Å². The molecule has 0 rings (SSSR count). The van der Waals surface area contributed by atoms with Gasteiger partial charge in [0, 0.05) is 10.9 Å². The second kappa shape index (κ2) is 9.65. The van der Waals surface area contributed by atoms with Gasteiger partial charge in [-0.1, -0.05) is 0 Å². The Bertz CT molecular complexity index is 105. The maximum atomic E-state index is 9.94. The number of carbonyl (C=O) groups excluding carboxylic acids is 3. The Labute approximate surface area is 74.3 Å². The van der Waals surface area contributed by atoms with Crippen LogP contribution in [0.4, 0.5) is 0 Å². The van der Waals surface area contributed by atoms with Crippen molar-refractivity contribution >= 4 is 42.2 Å². The molecule has 0 fully saturated rings. The minimum Gasteiger partial charge on any atom is -0.298 e. The summed E-state index contributed by atoms with van der Waals surface area (Å²) in [5.74, 6) is 0.992.